The van der Waals surface area contributed by atoms with Crippen molar-refractivity contribution in [1.29, 1.82) is 0 Å². The van der Waals surface area contributed by atoms with Gasteiger partial charge in [-0.1, -0.05) is 0 Å². The molecule has 0 aromatic rings. The quantitative estimate of drug-likeness (QED) is 0.789. The average Bonchev–Trinajstić information content (AvgIpc) is 3.09. The van der Waals surface area contributed by atoms with Crippen molar-refractivity contribution in [2.75, 3.05) is 20.1 Å². The van der Waals surface area contributed by atoms with Crippen LogP contribution in [0.1, 0.15) is 32.1 Å². The molecule has 1 saturated carbocycles. The molecule has 0 aromatic carbocycles. The summed E-state index contributed by atoms with van der Waals surface area (Å²) in [6.07, 6.45) is 6.01. The van der Waals surface area contributed by atoms with Crippen molar-refractivity contribution in [3.05, 3.63) is 0 Å². The predicted octanol–water partition coefficient (Wildman–Crippen LogP) is 0.764. The van der Waals surface area contributed by atoms with Gasteiger partial charge in [0.2, 0.25) is 5.91 Å². The minimum atomic E-state index is -0.206. The highest BCUT2D eigenvalue weighted by Gasteiger charge is 2.42. The fraction of sp³-hybridized carbons (Fsp3) is 0.923. The van der Waals surface area contributed by atoms with Crippen LogP contribution in [0.15, 0.2) is 0 Å². The molecule has 1 aliphatic carbocycles. The number of rotatable bonds is 3. The zero-order valence-corrected chi connectivity index (χ0v) is 10.5. The summed E-state index contributed by atoms with van der Waals surface area (Å²) in [6, 6.07) is 0.580. The molecule has 4 nitrogen and oxygen atoms in total. The van der Waals surface area contributed by atoms with Crippen LogP contribution in [-0.2, 0) is 9.53 Å². The number of likely N-dealkylation sites (tertiary alicyclic amines) is 1. The maximum absolute atomic E-state index is 11.6. The molecule has 0 bridgehead atoms. The van der Waals surface area contributed by atoms with Crippen LogP contribution in [-0.4, -0.2) is 49.2 Å². The molecule has 3 fully saturated rings. The van der Waals surface area contributed by atoms with E-state index in [9.17, 15) is 4.79 Å². The van der Waals surface area contributed by atoms with Crippen LogP contribution in [0.2, 0.25) is 0 Å². The second-order valence-corrected chi connectivity index (χ2v) is 5.65. The Balaban J connectivity index is 1.57. The molecular formula is C13H22N2O2. The van der Waals surface area contributed by atoms with Gasteiger partial charge in [-0.3, -0.25) is 9.69 Å². The number of nitrogens with zero attached hydrogens (tertiary/aromatic N) is 1. The minimum absolute atomic E-state index is 0.0455. The smallest absolute Gasteiger partial charge is 0.248 e. The standard InChI is InChI=1S/C13H22N2O2/c1-14-13(16)12-5-4-10-11(17-12)6-7-15(10)8-9-2-3-9/h9-12H,2-8H2,1H3,(H,14,16)/t10-,11-,12+/m1/s1. The van der Waals surface area contributed by atoms with Gasteiger partial charge in [0.25, 0.3) is 0 Å². The van der Waals surface area contributed by atoms with Gasteiger partial charge in [-0.2, -0.15) is 0 Å². The first-order chi connectivity index (χ1) is 8.28. The minimum Gasteiger partial charge on any atom is -0.363 e. The fourth-order valence-electron chi connectivity index (χ4n) is 3.23. The molecule has 1 amide bonds. The summed E-state index contributed by atoms with van der Waals surface area (Å²) in [5.41, 5.74) is 0. The van der Waals surface area contributed by atoms with Crippen molar-refractivity contribution in [2.24, 2.45) is 5.92 Å². The molecule has 2 heterocycles. The van der Waals surface area contributed by atoms with Crippen molar-refractivity contribution < 1.29 is 9.53 Å². The predicted molar refractivity (Wildman–Crippen MR) is 64.7 cm³/mol. The zero-order chi connectivity index (χ0) is 11.8. The van der Waals surface area contributed by atoms with Gasteiger partial charge in [-0.15, -0.1) is 0 Å². The topological polar surface area (TPSA) is 41.6 Å². The van der Waals surface area contributed by atoms with Crippen LogP contribution in [0.3, 0.4) is 0 Å². The van der Waals surface area contributed by atoms with Crippen LogP contribution in [0.25, 0.3) is 0 Å². The Hall–Kier alpha value is -0.610. The lowest BCUT2D eigenvalue weighted by Crippen LogP contribution is -2.47. The molecule has 1 N–H and O–H groups in total. The van der Waals surface area contributed by atoms with Gasteiger partial charge in [-0.25, -0.2) is 0 Å². The van der Waals surface area contributed by atoms with Gasteiger partial charge in [0, 0.05) is 26.2 Å². The first kappa shape index (κ1) is 11.5. The third-order valence-corrected chi connectivity index (χ3v) is 4.39. The van der Waals surface area contributed by atoms with Gasteiger partial charge in [0.05, 0.1) is 6.10 Å². The van der Waals surface area contributed by atoms with Crippen LogP contribution >= 0.6 is 0 Å². The molecule has 17 heavy (non-hydrogen) atoms. The van der Waals surface area contributed by atoms with Gasteiger partial charge in [0.15, 0.2) is 0 Å². The first-order valence-corrected chi connectivity index (χ1v) is 6.89. The van der Waals surface area contributed by atoms with Crippen molar-refractivity contribution in [2.45, 2.75) is 50.4 Å². The molecule has 4 heteroatoms. The second-order valence-electron chi connectivity index (χ2n) is 5.65. The summed E-state index contributed by atoms with van der Waals surface area (Å²) in [5, 5.41) is 2.69. The number of carbonyl (C=O) groups is 1. The normalized spacial score (nSPS) is 37.8. The van der Waals surface area contributed by atoms with Gasteiger partial charge in [-0.05, 0) is 38.0 Å². The van der Waals surface area contributed by atoms with Crippen molar-refractivity contribution in [1.82, 2.24) is 10.2 Å². The van der Waals surface area contributed by atoms with Crippen LogP contribution in [0.5, 0.6) is 0 Å². The Morgan fingerprint density at radius 2 is 2.12 bits per heavy atom. The summed E-state index contributed by atoms with van der Waals surface area (Å²) >= 11 is 0. The van der Waals surface area contributed by atoms with E-state index in [2.05, 4.69) is 10.2 Å². The highest BCUT2D eigenvalue weighted by molar-refractivity contribution is 5.80. The molecule has 0 spiro atoms. The monoisotopic (exact) mass is 238 g/mol. The number of hydrogen-bond acceptors (Lipinski definition) is 3. The van der Waals surface area contributed by atoms with Gasteiger partial charge in [0.1, 0.15) is 6.10 Å². The largest absolute Gasteiger partial charge is 0.363 e. The van der Waals surface area contributed by atoms with E-state index in [4.69, 9.17) is 4.74 Å². The number of amides is 1. The van der Waals surface area contributed by atoms with E-state index < -0.39 is 0 Å². The number of carbonyl (C=O) groups excluding carboxylic acids is 1. The molecule has 0 aromatic heterocycles. The highest BCUT2D eigenvalue weighted by atomic mass is 16.5. The van der Waals surface area contributed by atoms with E-state index >= 15 is 0 Å². The van der Waals surface area contributed by atoms with Crippen molar-refractivity contribution in [3.63, 3.8) is 0 Å². The van der Waals surface area contributed by atoms with E-state index in [-0.39, 0.29) is 12.0 Å². The van der Waals surface area contributed by atoms with Gasteiger partial charge < -0.3 is 10.1 Å². The molecule has 2 saturated heterocycles. The Morgan fingerprint density at radius 3 is 2.82 bits per heavy atom. The lowest BCUT2D eigenvalue weighted by atomic mass is 9.98. The second kappa shape index (κ2) is 4.58. The molecular weight excluding hydrogens is 216 g/mol. The number of nitrogens with one attached hydrogen (secondary N) is 1. The summed E-state index contributed by atoms with van der Waals surface area (Å²) in [5.74, 6) is 0.995. The van der Waals surface area contributed by atoms with Crippen LogP contribution in [0, 0.1) is 5.92 Å². The molecule has 0 unspecified atom stereocenters. The summed E-state index contributed by atoms with van der Waals surface area (Å²) in [7, 11) is 1.69. The Bertz CT molecular complexity index is 304. The Labute approximate surface area is 103 Å². The summed E-state index contributed by atoms with van der Waals surface area (Å²) in [4.78, 5) is 14.2. The molecule has 3 atom stereocenters. The average molecular weight is 238 g/mol. The summed E-state index contributed by atoms with van der Waals surface area (Å²) in [6.45, 7) is 2.42. The van der Waals surface area contributed by atoms with Crippen LogP contribution < -0.4 is 5.32 Å². The lowest BCUT2D eigenvalue weighted by molar-refractivity contribution is -0.143. The molecule has 3 aliphatic rings. The fourth-order valence-corrected chi connectivity index (χ4v) is 3.23. The highest BCUT2D eigenvalue weighted by Crippen LogP contribution is 2.36. The lowest BCUT2D eigenvalue weighted by Gasteiger charge is -2.35. The van der Waals surface area contributed by atoms with Crippen LogP contribution in [0.4, 0.5) is 0 Å². The van der Waals surface area contributed by atoms with E-state index in [1.165, 1.54) is 19.4 Å². The first-order valence-electron chi connectivity index (χ1n) is 6.89. The number of hydrogen-bond donors (Lipinski definition) is 1. The van der Waals surface area contributed by atoms with Crippen molar-refractivity contribution >= 4 is 5.91 Å². The van der Waals surface area contributed by atoms with E-state index in [1.54, 1.807) is 7.05 Å². The zero-order valence-electron chi connectivity index (χ0n) is 10.5. The molecule has 96 valence electrons. The maximum Gasteiger partial charge on any atom is 0.248 e. The number of fused-ring (bicyclic) bond motifs is 1. The Kier molecular flexibility index (Phi) is 3.09. The van der Waals surface area contributed by atoms with E-state index in [0.29, 0.717) is 12.1 Å². The SMILES string of the molecule is CNC(=O)[C@@H]1CC[C@@H]2[C@@H](CCN2CC2CC2)O1. The van der Waals surface area contributed by atoms with Gasteiger partial charge >= 0.3 is 0 Å². The van der Waals surface area contributed by atoms with E-state index in [0.717, 1.165) is 31.7 Å². The molecule has 3 rings (SSSR count). The third-order valence-electron chi connectivity index (χ3n) is 4.39. The molecule has 0 radical (unpaired) electrons. The number of ether oxygens (including phenoxy) is 1. The Morgan fingerprint density at radius 1 is 1.29 bits per heavy atom. The molecule has 2 aliphatic heterocycles. The third kappa shape index (κ3) is 2.33. The maximum atomic E-state index is 11.6. The van der Waals surface area contributed by atoms with Crippen molar-refractivity contribution in [3.8, 4) is 0 Å². The number of likely N-dealkylation sites (N-methyl/N-ethyl adjacent to an activating group) is 1. The van der Waals surface area contributed by atoms with E-state index in [1.807, 2.05) is 0 Å². The summed E-state index contributed by atoms with van der Waals surface area (Å²) < 4.78 is 5.94.